The maximum atomic E-state index is 5.48. The molecule has 110 valence electrons. The Balaban J connectivity index is 1.85. The van der Waals surface area contributed by atoms with Crippen molar-refractivity contribution in [3.63, 3.8) is 0 Å². The van der Waals surface area contributed by atoms with Crippen molar-refractivity contribution in [1.29, 1.82) is 0 Å². The zero-order chi connectivity index (χ0) is 14.1. The molecule has 1 saturated heterocycles. The Kier molecular flexibility index (Phi) is 4.41. The molecule has 19 heavy (non-hydrogen) atoms. The van der Waals surface area contributed by atoms with Gasteiger partial charge in [0.2, 0.25) is 0 Å². The average molecular weight is 283 g/mol. The fraction of sp³-hybridized carbons (Fsp3) is 0.933. The van der Waals surface area contributed by atoms with Gasteiger partial charge >= 0.3 is 0 Å². The van der Waals surface area contributed by atoms with Gasteiger partial charge in [-0.25, -0.2) is 0 Å². The van der Waals surface area contributed by atoms with Crippen LogP contribution in [0.25, 0.3) is 0 Å². The van der Waals surface area contributed by atoms with Gasteiger partial charge < -0.3 is 16.0 Å². The van der Waals surface area contributed by atoms with Crippen molar-refractivity contribution in [2.45, 2.75) is 89.4 Å². The van der Waals surface area contributed by atoms with Crippen molar-refractivity contribution in [2.24, 2.45) is 0 Å². The predicted octanol–water partition coefficient (Wildman–Crippen LogP) is 2.70. The molecule has 0 aromatic carbocycles. The first-order chi connectivity index (χ1) is 8.76. The van der Waals surface area contributed by atoms with Crippen LogP contribution in [0.1, 0.15) is 66.2 Å². The van der Waals surface area contributed by atoms with Crippen molar-refractivity contribution in [1.82, 2.24) is 16.0 Å². The lowest BCUT2D eigenvalue weighted by atomic mass is 9.80. The number of piperidine rings is 1. The zero-order valence-electron chi connectivity index (χ0n) is 12.8. The van der Waals surface area contributed by atoms with Gasteiger partial charge in [-0.15, -0.1) is 0 Å². The summed E-state index contributed by atoms with van der Waals surface area (Å²) in [5.74, 6) is 0. The summed E-state index contributed by atoms with van der Waals surface area (Å²) in [6, 6.07) is 1.07. The first-order valence-electron chi connectivity index (χ1n) is 7.62. The lowest BCUT2D eigenvalue weighted by molar-refractivity contribution is 0.155. The lowest BCUT2D eigenvalue weighted by Gasteiger charge is -2.47. The smallest absolute Gasteiger partial charge is 0.166 e. The first-order valence-corrected chi connectivity index (χ1v) is 8.03. The molecule has 3 nitrogen and oxygen atoms in total. The molecule has 0 radical (unpaired) electrons. The molecule has 0 bridgehead atoms. The van der Waals surface area contributed by atoms with E-state index in [9.17, 15) is 0 Å². The fourth-order valence-electron chi connectivity index (χ4n) is 3.91. The van der Waals surface area contributed by atoms with E-state index in [0.717, 1.165) is 18.0 Å². The molecule has 1 aliphatic carbocycles. The molecule has 0 spiro atoms. The lowest BCUT2D eigenvalue weighted by Crippen LogP contribution is -2.63. The van der Waals surface area contributed by atoms with Crippen LogP contribution in [0, 0.1) is 0 Å². The molecular weight excluding hydrogens is 254 g/mol. The molecule has 1 heterocycles. The van der Waals surface area contributed by atoms with Gasteiger partial charge in [0.05, 0.1) is 0 Å². The molecule has 0 amide bonds. The van der Waals surface area contributed by atoms with Gasteiger partial charge in [-0.3, -0.25) is 0 Å². The topological polar surface area (TPSA) is 36.1 Å². The third-order valence-corrected chi connectivity index (χ3v) is 4.45. The molecule has 0 unspecified atom stereocenters. The van der Waals surface area contributed by atoms with Gasteiger partial charge in [0, 0.05) is 23.2 Å². The molecular formula is C15H29N3S. The monoisotopic (exact) mass is 283 g/mol. The van der Waals surface area contributed by atoms with E-state index < -0.39 is 0 Å². The summed E-state index contributed by atoms with van der Waals surface area (Å²) in [5.41, 5.74) is 0.338. The average Bonchev–Trinajstić information content (AvgIpc) is 2.63. The second-order valence-electron chi connectivity index (χ2n) is 7.60. The first kappa shape index (κ1) is 15.0. The van der Waals surface area contributed by atoms with Crippen molar-refractivity contribution >= 4 is 17.3 Å². The van der Waals surface area contributed by atoms with E-state index in [1.165, 1.54) is 25.7 Å². The predicted molar refractivity (Wildman–Crippen MR) is 85.4 cm³/mol. The van der Waals surface area contributed by atoms with Gasteiger partial charge in [0.25, 0.3) is 0 Å². The summed E-state index contributed by atoms with van der Waals surface area (Å²) in [7, 11) is 0. The Bertz CT molecular complexity index is 316. The quantitative estimate of drug-likeness (QED) is 0.681. The summed E-state index contributed by atoms with van der Waals surface area (Å²) < 4.78 is 0. The van der Waals surface area contributed by atoms with Gasteiger partial charge in [-0.1, -0.05) is 12.8 Å². The molecule has 3 N–H and O–H groups in total. The van der Waals surface area contributed by atoms with E-state index in [4.69, 9.17) is 12.2 Å². The van der Waals surface area contributed by atoms with E-state index in [1.807, 2.05) is 0 Å². The Morgan fingerprint density at radius 1 is 0.947 bits per heavy atom. The highest BCUT2D eigenvalue weighted by atomic mass is 32.1. The molecule has 1 aliphatic heterocycles. The van der Waals surface area contributed by atoms with E-state index >= 15 is 0 Å². The molecule has 2 aliphatic rings. The minimum atomic E-state index is 0.169. The van der Waals surface area contributed by atoms with Crippen molar-refractivity contribution < 1.29 is 0 Å². The van der Waals surface area contributed by atoms with Gasteiger partial charge in [0.15, 0.2) is 5.11 Å². The third kappa shape index (κ3) is 4.60. The number of thiocarbonyl (C=S) groups is 1. The fourth-order valence-corrected chi connectivity index (χ4v) is 4.24. The molecule has 0 aromatic heterocycles. The second kappa shape index (κ2) is 5.57. The summed E-state index contributed by atoms with van der Waals surface area (Å²) in [4.78, 5) is 0. The van der Waals surface area contributed by atoms with E-state index in [-0.39, 0.29) is 11.1 Å². The maximum absolute atomic E-state index is 5.48. The van der Waals surface area contributed by atoms with Gasteiger partial charge in [-0.2, -0.15) is 0 Å². The number of hydrogen-bond acceptors (Lipinski definition) is 2. The molecule has 1 saturated carbocycles. The largest absolute Gasteiger partial charge is 0.360 e. The van der Waals surface area contributed by atoms with Crippen LogP contribution in [-0.2, 0) is 0 Å². The van der Waals surface area contributed by atoms with Crippen molar-refractivity contribution in [2.75, 3.05) is 0 Å². The van der Waals surface area contributed by atoms with Crippen LogP contribution in [0.2, 0.25) is 0 Å². The third-order valence-electron chi connectivity index (χ3n) is 4.22. The Morgan fingerprint density at radius 2 is 1.42 bits per heavy atom. The summed E-state index contributed by atoms with van der Waals surface area (Å²) >= 11 is 5.48. The Labute approximate surface area is 123 Å². The van der Waals surface area contributed by atoms with Crippen LogP contribution in [-0.4, -0.2) is 28.3 Å². The Morgan fingerprint density at radius 3 is 1.95 bits per heavy atom. The molecule has 0 atom stereocenters. The van der Waals surface area contributed by atoms with Crippen LogP contribution >= 0.6 is 12.2 Å². The minimum Gasteiger partial charge on any atom is -0.360 e. The highest BCUT2D eigenvalue weighted by molar-refractivity contribution is 7.80. The normalized spacial score (nSPS) is 27.2. The van der Waals surface area contributed by atoms with E-state index in [1.54, 1.807) is 0 Å². The van der Waals surface area contributed by atoms with Gasteiger partial charge in [-0.05, 0) is 65.6 Å². The molecule has 2 rings (SSSR count). The van der Waals surface area contributed by atoms with E-state index in [0.29, 0.717) is 12.1 Å². The molecule has 4 heteroatoms. The minimum absolute atomic E-state index is 0.169. The highest BCUT2D eigenvalue weighted by Gasteiger charge is 2.37. The number of rotatable bonds is 2. The Hall–Kier alpha value is -0.350. The van der Waals surface area contributed by atoms with Crippen LogP contribution in [0.5, 0.6) is 0 Å². The van der Waals surface area contributed by atoms with Crippen LogP contribution < -0.4 is 16.0 Å². The summed E-state index contributed by atoms with van der Waals surface area (Å²) in [5, 5.41) is 11.6. The van der Waals surface area contributed by atoms with Crippen LogP contribution in [0.4, 0.5) is 0 Å². The second-order valence-corrected chi connectivity index (χ2v) is 8.01. The summed E-state index contributed by atoms with van der Waals surface area (Å²) in [6.07, 6.45) is 7.45. The standard InChI is InChI=1S/C15H29N3S/c1-14(2)9-12(10-15(3,4)18-14)17-13(19)16-11-7-5-6-8-11/h11-12,18H,5-10H2,1-4H3,(H2,16,17,19). The molecule has 0 aromatic rings. The summed E-state index contributed by atoms with van der Waals surface area (Å²) in [6.45, 7) is 9.10. The van der Waals surface area contributed by atoms with E-state index in [2.05, 4.69) is 43.6 Å². The number of hydrogen-bond donors (Lipinski definition) is 3. The van der Waals surface area contributed by atoms with Crippen molar-refractivity contribution in [3.8, 4) is 0 Å². The highest BCUT2D eigenvalue weighted by Crippen LogP contribution is 2.28. The van der Waals surface area contributed by atoms with Crippen molar-refractivity contribution in [3.05, 3.63) is 0 Å². The number of nitrogens with one attached hydrogen (secondary N) is 3. The van der Waals surface area contributed by atoms with Crippen LogP contribution in [0.3, 0.4) is 0 Å². The zero-order valence-corrected chi connectivity index (χ0v) is 13.6. The van der Waals surface area contributed by atoms with Gasteiger partial charge in [0.1, 0.15) is 0 Å². The maximum Gasteiger partial charge on any atom is 0.166 e. The SMILES string of the molecule is CC1(C)CC(NC(=S)NC2CCCC2)CC(C)(C)N1. The van der Waals surface area contributed by atoms with Crippen LogP contribution in [0.15, 0.2) is 0 Å². The molecule has 2 fully saturated rings.